The second-order valence-corrected chi connectivity index (χ2v) is 9.32. The number of fused-ring (bicyclic) bond motifs is 5. The summed E-state index contributed by atoms with van der Waals surface area (Å²) in [5.74, 6) is 1.76. The van der Waals surface area contributed by atoms with E-state index in [1.165, 1.54) is 11.1 Å². The third kappa shape index (κ3) is 3.23. The number of β-amino-alcohol motifs (C(OH)–C–C–N with tert-alkyl or cyclic N) is 1. The van der Waals surface area contributed by atoms with Crippen molar-refractivity contribution in [2.75, 3.05) is 31.1 Å². The molecule has 6 rings (SSSR count). The van der Waals surface area contributed by atoms with Gasteiger partial charge in [-0.05, 0) is 47.7 Å². The van der Waals surface area contributed by atoms with Crippen molar-refractivity contribution in [3.63, 3.8) is 0 Å². The molecule has 0 bridgehead atoms. The Morgan fingerprint density at radius 1 is 1.03 bits per heavy atom. The van der Waals surface area contributed by atoms with Gasteiger partial charge < -0.3 is 14.7 Å². The second kappa shape index (κ2) is 7.85. The summed E-state index contributed by atoms with van der Waals surface area (Å²) in [6.45, 7) is 4.45. The zero-order chi connectivity index (χ0) is 21.7. The molecule has 8 heteroatoms. The standard InChI is InChI=1S/C24H26ClN5O2/c25-19-5-6-21-18(13-19)14-28(11-12-31)15-22-26-27-23(30(21)22)29-9-7-24(8-10-29)20-4-2-1-3-17(20)16-32-24/h1-6,13,31H,7-12,14-16H2. The molecule has 2 aromatic carbocycles. The molecule has 3 aliphatic heterocycles. The number of ether oxygens (including phenoxy) is 1. The fourth-order valence-electron chi connectivity index (χ4n) is 5.42. The van der Waals surface area contributed by atoms with Crippen LogP contribution in [0.1, 0.15) is 35.4 Å². The maximum absolute atomic E-state index is 9.51. The number of halogens is 1. The molecule has 1 N–H and O–H groups in total. The topological polar surface area (TPSA) is 66.7 Å². The zero-order valence-electron chi connectivity index (χ0n) is 17.9. The lowest BCUT2D eigenvalue weighted by Crippen LogP contribution is -2.43. The molecule has 1 aromatic heterocycles. The fraction of sp³-hybridized carbons (Fsp3) is 0.417. The molecule has 3 aromatic rings. The Morgan fingerprint density at radius 3 is 2.72 bits per heavy atom. The molecular formula is C24H26ClN5O2. The largest absolute Gasteiger partial charge is 0.395 e. The van der Waals surface area contributed by atoms with E-state index in [1.54, 1.807) is 0 Å². The average Bonchev–Trinajstić information content (AvgIpc) is 3.33. The van der Waals surface area contributed by atoms with Crippen LogP contribution in [-0.4, -0.2) is 51.0 Å². The monoisotopic (exact) mass is 451 g/mol. The molecular weight excluding hydrogens is 426 g/mol. The highest BCUT2D eigenvalue weighted by molar-refractivity contribution is 6.30. The summed E-state index contributed by atoms with van der Waals surface area (Å²) in [4.78, 5) is 4.51. The van der Waals surface area contributed by atoms with Gasteiger partial charge in [-0.1, -0.05) is 35.9 Å². The number of nitrogens with zero attached hydrogens (tertiary/aromatic N) is 5. The molecule has 32 heavy (non-hydrogen) atoms. The molecule has 0 saturated carbocycles. The van der Waals surface area contributed by atoms with Crippen LogP contribution in [0.25, 0.3) is 5.69 Å². The van der Waals surface area contributed by atoms with Gasteiger partial charge in [0.15, 0.2) is 5.82 Å². The van der Waals surface area contributed by atoms with Gasteiger partial charge in [0, 0.05) is 31.2 Å². The molecule has 0 aliphatic carbocycles. The predicted octanol–water partition coefficient (Wildman–Crippen LogP) is 3.25. The van der Waals surface area contributed by atoms with Gasteiger partial charge >= 0.3 is 0 Å². The minimum Gasteiger partial charge on any atom is -0.395 e. The smallest absolute Gasteiger partial charge is 0.231 e. The van der Waals surface area contributed by atoms with Crippen LogP contribution in [-0.2, 0) is 30.0 Å². The van der Waals surface area contributed by atoms with E-state index < -0.39 is 0 Å². The number of aliphatic hydroxyl groups excluding tert-OH is 1. The summed E-state index contributed by atoms with van der Waals surface area (Å²) >= 11 is 6.32. The number of hydrogen-bond acceptors (Lipinski definition) is 6. The van der Waals surface area contributed by atoms with Gasteiger partial charge in [-0.2, -0.15) is 0 Å². The van der Waals surface area contributed by atoms with Crippen molar-refractivity contribution in [2.24, 2.45) is 0 Å². The van der Waals surface area contributed by atoms with Crippen LogP contribution in [0.3, 0.4) is 0 Å². The number of piperidine rings is 1. The Balaban J connectivity index is 1.33. The third-order valence-electron chi connectivity index (χ3n) is 7.04. The van der Waals surface area contributed by atoms with Gasteiger partial charge in [-0.25, -0.2) is 0 Å². The van der Waals surface area contributed by atoms with Crippen molar-refractivity contribution < 1.29 is 9.84 Å². The molecule has 1 fully saturated rings. The maximum atomic E-state index is 9.51. The number of anilines is 1. The first-order chi connectivity index (χ1) is 15.7. The predicted molar refractivity (Wildman–Crippen MR) is 122 cm³/mol. The normalized spacial score (nSPS) is 19.5. The molecule has 4 heterocycles. The number of aliphatic hydroxyl groups is 1. The van der Waals surface area contributed by atoms with Gasteiger partial charge in [0.2, 0.25) is 5.95 Å². The van der Waals surface area contributed by atoms with Crippen LogP contribution in [0, 0.1) is 0 Å². The second-order valence-electron chi connectivity index (χ2n) is 8.89. The van der Waals surface area contributed by atoms with Crippen LogP contribution < -0.4 is 4.90 Å². The minimum atomic E-state index is -0.182. The van der Waals surface area contributed by atoms with E-state index in [2.05, 4.69) is 54.9 Å². The highest BCUT2D eigenvalue weighted by Crippen LogP contribution is 2.44. The number of rotatable bonds is 3. The highest BCUT2D eigenvalue weighted by atomic mass is 35.5. The molecule has 166 valence electrons. The molecule has 1 spiro atoms. The van der Waals surface area contributed by atoms with Crippen molar-refractivity contribution in [2.45, 2.75) is 38.1 Å². The highest BCUT2D eigenvalue weighted by Gasteiger charge is 2.43. The molecule has 0 unspecified atom stereocenters. The lowest BCUT2D eigenvalue weighted by molar-refractivity contribution is -0.0553. The summed E-state index contributed by atoms with van der Waals surface area (Å²) < 4.78 is 8.52. The van der Waals surface area contributed by atoms with E-state index in [0.29, 0.717) is 31.3 Å². The van der Waals surface area contributed by atoms with E-state index in [-0.39, 0.29) is 12.2 Å². The molecule has 7 nitrogen and oxygen atoms in total. The average molecular weight is 452 g/mol. The SMILES string of the molecule is OCCN1Cc2cc(Cl)ccc2-n2c(nnc2N2CCC3(CC2)OCc2ccccc23)C1. The van der Waals surface area contributed by atoms with Crippen LogP contribution in [0.2, 0.25) is 5.02 Å². The minimum absolute atomic E-state index is 0.104. The molecule has 0 radical (unpaired) electrons. The van der Waals surface area contributed by atoms with E-state index >= 15 is 0 Å². The first-order valence-electron chi connectivity index (χ1n) is 11.2. The molecule has 0 atom stereocenters. The van der Waals surface area contributed by atoms with Gasteiger partial charge in [0.1, 0.15) is 0 Å². The Bertz CT molecular complexity index is 1160. The summed E-state index contributed by atoms with van der Waals surface area (Å²) in [5.41, 5.74) is 4.66. The van der Waals surface area contributed by atoms with Gasteiger partial charge in [-0.15, -0.1) is 10.2 Å². The summed E-state index contributed by atoms with van der Waals surface area (Å²) in [5, 5.41) is 19.4. The van der Waals surface area contributed by atoms with Gasteiger partial charge in [-0.3, -0.25) is 9.47 Å². The van der Waals surface area contributed by atoms with Crippen molar-refractivity contribution in [1.82, 2.24) is 19.7 Å². The zero-order valence-corrected chi connectivity index (χ0v) is 18.6. The Hall–Kier alpha value is -2.45. The summed E-state index contributed by atoms with van der Waals surface area (Å²) in [6, 6.07) is 14.6. The Labute approximate surface area is 192 Å². The molecule has 0 amide bonds. The van der Waals surface area contributed by atoms with Crippen molar-refractivity contribution >= 4 is 17.5 Å². The summed E-state index contributed by atoms with van der Waals surface area (Å²) in [6.07, 6.45) is 1.85. The fourth-order valence-corrected chi connectivity index (χ4v) is 5.62. The van der Waals surface area contributed by atoms with E-state index in [0.717, 1.165) is 49.0 Å². The molecule has 3 aliphatic rings. The van der Waals surface area contributed by atoms with Crippen LogP contribution in [0.15, 0.2) is 42.5 Å². The Kier molecular flexibility index (Phi) is 4.95. The van der Waals surface area contributed by atoms with E-state index in [1.807, 2.05) is 12.1 Å². The van der Waals surface area contributed by atoms with Crippen molar-refractivity contribution in [1.29, 1.82) is 0 Å². The van der Waals surface area contributed by atoms with Crippen molar-refractivity contribution in [3.8, 4) is 5.69 Å². The number of hydrogen-bond donors (Lipinski definition) is 1. The number of aromatic nitrogens is 3. The lowest BCUT2D eigenvalue weighted by Gasteiger charge is -2.39. The Morgan fingerprint density at radius 2 is 1.88 bits per heavy atom. The van der Waals surface area contributed by atoms with E-state index in [9.17, 15) is 5.11 Å². The van der Waals surface area contributed by atoms with Crippen LogP contribution in [0.4, 0.5) is 5.95 Å². The molecule has 1 saturated heterocycles. The summed E-state index contributed by atoms with van der Waals surface area (Å²) in [7, 11) is 0. The first kappa shape index (κ1) is 20.2. The lowest BCUT2D eigenvalue weighted by atomic mass is 9.84. The first-order valence-corrected chi connectivity index (χ1v) is 11.6. The third-order valence-corrected chi connectivity index (χ3v) is 7.27. The van der Waals surface area contributed by atoms with Crippen molar-refractivity contribution in [3.05, 3.63) is 70.0 Å². The van der Waals surface area contributed by atoms with Gasteiger partial charge in [0.05, 0.1) is 31.0 Å². The van der Waals surface area contributed by atoms with E-state index in [4.69, 9.17) is 16.3 Å². The maximum Gasteiger partial charge on any atom is 0.231 e. The number of benzene rings is 2. The quantitative estimate of drug-likeness (QED) is 0.659. The van der Waals surface area contributed by atoms with Crippen LogP contribution >= 0.6 is 11.6 Å². The van der Waals surface area contributed by atoms with Gasteiger partial charge in [0.25, 0.3) is 0 Å². The van der Waals surface area contributed by atoms with Crippen LogP contribution in [0.5, 0.6) is 0 Å².